The van der Waals surface area contributed by atoms with E-state index in [0.717, 1.165) is 78.9 Å². The molecule has 6 nitrogen and oxygen atoms in total. The van der Waals surface area contributed by atoms with Crippen LogP contribution >= 0.6 is 0 Å². The van der Waals surface area contributed by atoms with E-state index in [4.69, 9.17) is 0 Å². The molecule has 0 unspecified atom stereocenters. The van der Waals surface area contributed by atoms with Crippen molar-refractivity contribution < 1.29 is 0 Å². The summed E-state index contributed by atoms with van der Waals surface area (Å²) in [5.74, 6) is 0. The fourth-order valence-electron chi connectivity index (χ4n) is 3.95. The van der Waals surface area contributed by atoms with Crippen LogP contribution in [0.1, 0.15) is 0 Å². The van der Waals surface area contributed by atoms with Crippen molar-refractivity contribution in [2.24, 2.45) is 0 Å². The van der Waals surface area contributed by atoms with Gasteiger partial charge in [-0.2, -0.15) is 0 Å². The standard InChI is InChI=1S/C30H48N6/c1-7-16-31(17-8-2)22-13-25-34-28-35(26-14-23-32(18-9-3)19-10-4)30-36(29-34)27-15-24-33(20-11-5)21-12-6/h7-15,22-24H,1-6,16-21,25-30H2. The molecular formula is C30H48N6. The molecule has 0 aliphatic carbocycles. The van der Waals surface area contributed by atoms with E-state index in [-0.39, 0.29) is 0 Å². The van der Waals surface area contributed by atoms with Crippen LogP contribution in [0.2, 0.25) is 0 Å². The van der Waals surface area contributed by atoms with Crippen molar-refractivity contribution in [3.8, 4) is 0 Å². The van der Waals surface area contributed by atoms with Crippen LogP contribution in [-0.2, 0) is 0 Å². The van der Waals surface area contributed by atoms with E-state index in [1.165, 1.54) is 0 Å². The molecule has 0 aromatic heterocycles. The predicted molar refractivity (Wildman–Crippen MR) is 158 cm³/mol. The van der Waals surface area contributed by atoms with Gasteiger partial charge in [-0.1, -0.05) is 54.7 Å². The second-order valence-electron chi connectivity index (χ2n) is 8.73. The van der Waals surface area contributed by atoms with Gasteiger partial charge < -0.3 is 14.7 Å². The molecule has 36 heavy (non-hydrogen) atoms. The summed E-state index contributed by atoms with van der Waals surface area (Å²) in [4.78, 5) is 14.0. The molecule has 0 bridgehead atoms. The fourth-order valence-corrected chi connectivity index (χ4v) is 3.95. The van der Waals surface area contributed by atoms with Gasteiger partial charge in [0, 0.05) is 58.9 Å². The molecule has 0 atom stereocenters. The maximum Gasteiger partial charge on any atom is 0.0536 e. The summed E-state index contributed by atoms with van der Waals surface area (Å²) < 4.78 is 0. The molecule has 0 saturated carbocycles. The Balaban J connectivity index is 2.84. The molecule has 0 spiro atoms. The molecule has 198 valence electrons. The molecule has 1 heterocycles. The summed E-state index contributed by atoms with van der Waals surface area (Å²) >= 11 is 0. The average Bonchev–Trinajstić information content (AvgIpc) is 2.85. The third-order valence-corrected chi connectivity index (χ3v) is 5.42. The minimum Gasteiger partial charge on any atom is -0.370 e. The van der Waals surface area contributed by atoms with Crippen molar-refractivity contribution in [1.29, 1.82) is 0 Å². The van der Waals surface area contributed by atoms with Crippen LogP contribution in [0, 0.1) is 0 Å². The summed E-state index contributed by atoms with van der Waals surface area (Å²) in [5, 5.41) is 0. The van der Waals surface area contributed by atoms with E-state index in [1.807, 2.05) is 36.5 Å². The zero-order chi connectivity index (χ0) is 26.4. The van der Waals surface area contributed by atoms with Gasteiger partial charge in [0.25, 0.3) is 0 Å². The van der Waals surface area contributed by atoms with Crippen molar-refractivity contribution in [2.45, 2.75) is 0 Å². The van der Waals surface area contributed by atoms with Gasteiger partial charge in [0.1, 0.15) is 0 Å². The van der Waals surface area contributed by atoms with Gasteiger partial charge in [-0.15, -0.1) is 39.5 Å². The Morgan fingerprint density at radius 2 is 0.639 bits per heavy atom. The Labute approximate surface area is 221 Å². The van der Waals surface area contributed by atoms with Crippen molar-refractivity contribution in [2.75, 3.05) is 78.9 Å². The van der Waals surface area contributed by atoms with Crippen molar-refractivity contribution in [3.05, 3.63) is 113 Å². The summed E-state index contributed by atoms with van der Waals surface area (Å²) in [6.07, 6.45) is 24.6. The molecule has 0 amide bonds. The third-order valence-electron chi connectivity index (χ3n) is 5.42. The highest BCUT2D eigenvalue weighted by Crippen LogP contribution is 2.09. The largest absolute Gasteiger partial charge is 0.370 e. The predicted octanol–water partition coefficient (Wildman–Crippen LogP) is 4.34. The summed E-state index contributed by atoms with van der Waals surface area (Å²) in [5.41, 5.74) is 0. The lowest BCUT2D eigenvalue weighted by Gasteiger charge is -2.41. The molecule has 1 aliphatic heterocycles. The minimum atomic E-state index is 0.814. The van der Waals surface area contributed by atoms with E-state index in [2.05, 4.69) is 106 Å². The SMILES string of the molecule is C=CCN(C=CCN1CN(CC=CN(CC=C)CC=C)CN(CC=CN(CC=C)CC=C)C1)CC=C. The summed E-state index contributed by atoms with van der Waals surface area (Å²) in [6.45, 7) is 33.4. The number of hydrogen-bond acceptors (Lipinski definition) is 6. The molecule has 1 aliphatic rings. The summed E-state index contributed by atoms with van der Waals surface area (Å²) in [7, 11) is 0. The van der Waals surface area contributed by atoms with Crippen LogP contribution in [0.15, 0.2) is 113 Å². The first kappa shape index (κ1) is 31.0. The smallest absolute Gasteiger partial charge is 0.0536 e. The van der Waals surface area contributed by atoms with Crippen LogP contribution in [0.3, 0.4) is 0 Å². The van der Waals surface area contributed by atoms with Crippen LogP contribution < -0.4 is 0 Å². The number of nitrogens with zero attached hydrogens (tertiary/aromatic N) is 6. The number of hydrogen-bond donors (Lipinski definition) is 0. The van der Waals surface area contributed by atoms with Crippen molar-refractivity contribution >= 4 is 0 Å². The zero-order valence-corrected chi connectivity index (χ0v) is 22.3. The molecule has 0 radical (unpaired) electrons. The zero-order valence-electron chi connectivity index (χ0n) is 22.3. The second kappa shape index (κ2) is 20.2. The van der Waals surface area contributed by atoms with Gasteiger partial charge in [0.15, 0.2) is 0 Å². The third kappa shape index (κ3) is 13.7. The van der Waals surface area contributed by atoms with E-state index >= 15 is 0 Å². The molecule has 0 N–H and O–H groups in total. The highest BCUT2D eigenvalue weighted by molar-refractivity contribution is 4.96. The van der Waals surface area contributed by atoms with Gasteiger partial charge >= 0.3 is 0 Å². The molecule has 1 fully saturated rings. The van der Waals surface area contributed by atoms with Crippen molar-refractivity contribution in [3.63, 3.8) is 0 Å². The average molecular weight is 493 g/mol. The maximum absolute atomic E-state index is 3.85. The topological polar surface area (TPSA) is 19.4 Å². The van der Waals surface area contributed by atoms with Crippen LogP contribution in [0.4, 0.5) is 0 Å². The molecule has 6 heteroatoms. The van der Waals surface area contributed by atoms with Gasteiger partial charge in [0.2, 0.25) is 0 Å². The Bertz CT molecular complexity index is 617. The molecule has 0 aromatic rings. The first-order chi connectivity index (χ1) is 17.6. The van der Waals surface area contributed by atoms with E-state index < -0.39 is 0 Å². The van der Waals surface area contributed by atoms with Gasteiger partial charge in [-0.05, 0) is 18.6 Å². The molecule has 1 saturated heterocycles. The van der Waals surface area contributed by atoms with E-state index in [0.29, 0.717) is 0 Å². The van der Waals surface area contributed by atoms with E-state index in [1.54, 1.807) is 0 Å². The lowest BCUT2D eigenvalue weighted by Crippen LogP contribution is -2.54. The van der Waals surface area contributed by atoms with Gasteiger partial charge in [-0.25, -0.2) is 0 Å². The first-order valence-corrected chi connectivity index (χ1v) is 12.6. The summed E-state index contributed by atoms with van der Waals surface area (Å²) in [6, 6.07) is 0. The van der Waals surface area contributed by atoms with Gasteiger partial charge in [0.05, 0.1) is 20.0 Å². The molecule has 0 aromatic carbocycles. The second-order valence-corrected chi connectivity index (χ2v) is 8.73. The fraction of sp³-hybridized carbons (Fsp3) is 0.400. The van der Waals surface area contributed by atoms with Crippen LogP contribution in [0.25, 0.3) is 0 Å². The lowest BCUT2D eigenvalue weighted by molar-refractivity contribution is -0.0116. The monoisotopic (exact) mass is 492 g/mol. The lowest BCUT2D eigenvalue weighted by atomic mass is 10.4. The van der Waals surface area contributed by atoms with Gasteiger partial charge in [-0.3, -0.25) is 14.7 Å². The maximum atomic E-state index is 3.85. The van der Waals surface area contributed by atoms with Crippen LogP contribution in [-0.4, -0.2) is 108 Å². The normalized spacial score (nSPS) is 15.3. The molecular weight excluding hydrogens is 444 g/mol. The Kier molecular flexibility index (Phi) is 17.3. The number of rotatable bonds is 21. The first-order valence-electron chi connectivity index (χ1n) is 12.6. The highest BCUT2D eigenvalue weighted by atomic mass is 15.5. The highest BCUT2D eigenvalue weighted by Gasteiger charge is 2.21. The Morgan fingerprint density at radius 3 is 0.833 bits per heavy atom. The molecule has 1 rings (SSSR count). The van der Waals surface area contributed by atoms with Crippen LogP contribution in [0.5, 0.6) is 0 Å². The van der Waals surface area contributed by atoms with E-state index in [9.17, 15) is 0 Å². The quantitative estimate of drug-likeness (QED) is 0.221. The minimum absolute atomic E-state index is 0.814. The Hall–Kier alpha value is -3.06. The Morgan fingerprint density at radius 1 is 0.417 bits per heavy atom. The van der Waals surface area contributed by atoms with Crippen molar-refractivity contribution in [1.82, 2.24) is 29.4 Å².